The van der Waals surface area contributed by atoms with Gasteiger partial charge < -0.3 is 57.0 Å². The van der Waals surface area contributed by atoms with E-state index in [1.807, 2.05) is 121 Å². The maximum absolute atomic E-state index is 15.2. The number of carbonyl (C=O) groups excluding carboxylic acids is 5. The summed E-state index contributed by atoms with van der Waals surface area (Å²) < 4.78 is 70.5. The SMILES string of the molecule is CC[C@H]1OC(=O)[C@H](C)[C@@H](O[C@H]2C[C@@](C)(OC)[C@@H](OC(=O)OCc3ccccc3)[C@H](C)O2)[C@H](C)[C@@H](O[C@@H]2O[C@H](C)C[C@H](N(C)C)[C@H]2OC(C)=O)[C@](C)(OC)C[C@@H](C)C(=O)[C@H](C)[C@H]2[C@H](SCc3ccccc3)C(=O)O[C@@]21C. The number of cyclic esters (lactones) is 1. The van der Waals surface area contributed by atoms with E-state index >= 15 is 9.59 Å². The van der Waals surface area contributed by atoms with Crippen LogP contribution in [0.2, 0.25) is 0 Å². The first-order valence-corrected chi connectivity index (χ1v) is 27.5. The monoisotopic (exact) mass is 1070 g/mol. The van der Waals surface area contributed by atoms with Gasteiger partial charge in [-0.2, -0.15) is 0 Å². The Balaban J connectivity index is 1.42. The van der Waals surface area contributed by atoms with Crippen molar-refractivity contribution in [2.75, 3.05) is 28.3 Å². The summed E-state index contributed by atoms with van der Waals surface area (Å²) in [6.07, 6.45) is -8.29. The van der Waals surface area contributed by atoms with Gasteiger partial charge >= 0.3 is 24.1 Å². The molecule has 4 aliphatic rings. The third-order valence-corrected chi connectivity index (χ3v) is 17.5. The molecule has 18 heteroatoms. The average molecular weight is 1070 g/mol. The quantitative estimate of drug-likeness (QED) is 0.122. The zero-order valence-electron chi connectivity index (χ0n) is 46.6. The van der Waals surface area contributed by atoms with Crippen LogP contribution in [-0.4, -0.2) is 146 Å². The van der Waals surface area contributed by atoms with Gasteiger partial charge in [-0.1, -0.05) is 88.4 Å². The van der Waals surface area contributed by atoms with Gasteiger partial charge in [-0.3, -0.25) is 19.2 Å². The van der Waals surface area contributed by atoms with Crippen LogP contribution >= 0.6 is 11.8 Å². The summed E-state index contributed by atoms with van der Waals surface area (Å²) in [5, 5.41) is -0.771. The average Bonchev–Trinajstić information content (AvgIpc) is 3.64. The number of thioether (sulfide) groups is 1. The van der Waals surface area contributed by atoms with E-state index in [1.165, 1.54) is 25.8 Å². The summed E-state index contributed by atoms with van der Waals surface area (Å²) in [6.45, 7) is 19.5. The summed E-state index contributed by atoms with van der Waals surface area (Å²) in [5.74, 6) is -5.34. The molecule has 2 aromatic rings. The Morgan fingerprint density at radius 2 is 1.37 bits per heavy atom. The van der Waals surface area contributed by atoms with Crippen LogP contribution in [0.3, 0.4) is 0 Å². The van der Waals surface area contributed by atoms with Crippen molar-refractivity contribution in [1.29, 1.82) is 0 Å². The lowest BCUT2D eigenvalue weighted by atomic mass is 9.70. The molecule has 2 aromatic carbocycles. The number of ketones is 1. The lowest BCUT2D eigenvalue weighted by molar-refractivity contribution is -0.320. The Morgan fingerprint density at radius 3 is 1.96 bits per heavy atom. The smallest absolute Gasteiger partial charge is 0.458 e. The van der Waals surface area contributed by atoms with Crippen LogP contribution in [0.5, 0.6) is 0 Å². The maximum Gasteiger partial charge on any atom is 0.509 e. The van der Waals surface area contributed by atoms with Gasteiger partial charge in [0.05, 0.1) is 42.0 Å². The molecule has 4 saturated heterocycles. The van der Waals surface area contributed by atoms with E-state index in [4.69, 9.17) is 52.1 Å². The Labute approximate surface area is 448 Å². The molecule has 0 N–H and O–H groups in total. The number of esters is 3. The van der Waals surface area contributed by atoms with Gasteiger partial charge in [-0.05, 0) is 86.0 Å². The number of benzene rings is 2. The minimum Gasteiger partial charge on any atom is -0.458 e. The molecule has 19 atom stereocenters. The molecular formula is C57H83NO16S. The predicted molar refractivity (Wildman–Crippen MR) is 279 cm³/mol. The molecule has 0 unspecified atom stereocenters. The van der Waals surface area contributed by atoms with Crippen LogP contribution < -0.4 is 0 Å². The van der Waals surface area contributed by atoms with Crippen molar-refractivity contribution in [2.45, 2.75) is 198 Å². The normalized spacial score (nSPS) is 38.9. The summed E-state index contributed by atoms with van der Waals surface area (Å²) in [7, 11) is 6.85. The molecule has 75 heavy (non-hydrogen) atoms. The van der Waals surface area contributed by atoms with E-state index in [1.54, 1.807) is 34.8 Å². The molecule has 6 rings (SSSR count). The lowest BCUT2D eigenvalue weighted by Gasteiger charge is -2.50. The van der Waals surface area contributed by atoms with E-state index in [0.29, 0.717) is 12.2 Å². The highest BCUT2D eigenvalue weighted by Crippen LogP contribution is 2.50. The number of carbonyl (C=O) groups is 5. The number of methoxy groups -OCH3 is 2. The molecule has 0 aromatic heterocycles. The Bertz CT molecular complexity index is 2240. The number of fused-ring (bicyclic) bond motifs is 1. The van der Waals surface area contributed by atoms with E-state index in [9.17, 15) is 14.4 Å². The van der Waals surface area contributed by atoms with Crippen LogP contribution in [0.1, 0.15) is 113 Å². The zero-order valence-corrected chi connectivity index (χ0v) is 47.5. The minimum absolute atomic E-state index is 0.00260. The third kappa shape index (κ3) is 13.8. The molecule has 17 nitrogen and oxygen atoms in total. The second kappa shape index (κ2) is 25.6. The number of Topliss-reactive ketones (excluding diaryl/α,β-unsaturated/α-hetero) is 1. The summed E-state index contributed by atoms with van der Waals surface area (Å²) in [6, 6.07) is 18.7. The van der Waals surface area contributed by atoms with Crippen molar-refractivity contribution in [1.82, 2.24) is 4.90 Å². The highest BCUT2D eigenvalue weighted by Gasteiger charge is 2.62. The van der Waals surface area contributed by atoms with Crippen molar-refractivity contribution < 1.29 is 76.1 Å². The molecule has 4 aliphatic heterocycles. The molecule has 0 radical (unpaired) electrons. The number of rotatable bonds is 15. The first-order valence-electron chi connectivity index (χ1n) is 26.5. The number of hydrogen-bond donors (Lipinski definition) is 0. The van der Waals surface area contributed by atoms with Crippen LogP contribution in [-0.2, 0) is 83.6 Å². The van der Waals surface area contributed by atoms with E-state index < -0.39 is 125 Å². The lowest BCUT2D eigenvalue weighted by Crippen LogP contribution is -2.62. The number of nitrogens with zero attached hydrogens (tertiary/aromatic N) is 1. The van der Waals surface area contributed by atoms with Crippen LogP contribution in [0.4, 0.5) is 4.79 Å². The Kier molecular flexibility index (Phi) is 20.5. The molecule has 4 fully saturated rings. The second-order valence-corrected chi connectivity index (χ2v) is 23.1. The van der Waals surface area contributed by atoms with Gasteiger partial charge in [-0.25, -0.2) is 4.79 Å². The van der Waals surface area contributed by atoms with Crippen LogP contribution in [0.15, 0.2) is 60.7 Å². The summed E-state index contributed by atoms with van der Waals surface area (Å²) in [5.41, 5.74) is -2.14. The van der Waals surface area contributed by atoms with Gasteiger partial charge in [-0.15, -0.1) is 11.8 Å². The Morgan fingerprint density at radius 1 is 0.760 bits per heavy atom. The van der Waals surface area contributed by atoms with E-state index in [0.717, 1.165) is 11.1 Å². The summed E-state index contributed by atoms with van der Waals surface area (Å²) >= 11 is 1.41. The topological polar surface area (TPSA) is 190 Å². The minimum atomic E-state index is -1.41. The Hall–Kier alpha value is -4.14. The first kappa shape index (κ1) is 60.1. The predicted octanol–water partition coefficient (Wildman–Crippen LogP) is 8.49. The molecular weight excluding hydrogens is 987 g/mol. The molecule has 418 valence electrons. The molecule has 0 saturated carbocycles. The molecule has 0 bridgehead atoms. The van der Waals surface area contributed by atoms with Gasteiger partial charge in [0.25, 0.3) is 0 Å². The maximum atomic E-state index is 15.2. The fourth-order valence-electron chi connectivity index (χ4n) is 12.0. The fourth-order valence-corrected chi connectivity index (χ4v) is 13.5. The van der Waals surface area contributed by atoms with Crippen molar-refractivity contribution in [3.63, 3.8) is 0 Å². The fraction of sp³-hybridized carbons (Fsp3) is 0.702. The third-order valence-electron chi connectivity index (χ3n) is 16.2. The largest absolute Gasteiger partial charge is 0.509 e. The van der Waals surface area contributed by atoms with Gasteiger partial charge in [0.2, 0.25) is 0 Å². The van der Waals surface area contributed by atoms with Crippen molar-refractivity contribution in [3.8, 4) is 0 Å². The summed E-state index contributed by atoms with van der Waals surface area (Å²) in [4.78, 5) is 72.7. The molecule has 4 heterocycles. The molecule has 0 aliphatic carbocycles. The van der Waals surface area contributed by atoms with Crippen LogP contribution in [0, 0.1) is 29.6 Å². The van der Waals surface area contributed by atoms with E-state index in [2.05, 4.69) is 0 Å². The number of hydrogen-bond acceptors (Lipinski definition) is 18. The molecule has 0 spiro atoms. The van der Waals surface area contributed by atoms with Crippen LogP contribution in [0.25, 0.3) is 0 Å². The van der Waals surface area contributed by atoms with Crippen molar-refractivity contribution in [2.24, 2.45) is 29.6 Å². The highest BCUT2D eigenvalue weighted by molar-refractivity contribution is 7.99. The second-order valence-electron chi connectivity index (χ2n) is 22.0. The first-order chi connectivity index (χ1) is 35.4. The van der Waals surface area contributed by atoms with Gasteiger partial charge in [0.1, 0.15) is 29.3 Å². The van der Waals surface area contributed by atoms with Gasteiger partial charge in [0.15, 0.2) is 30.4 Å². The van der Waals surface area contributed by atoms with Crippen molar-refractivity contribution >= 4 is 41.6 Å². The molecule has 0 amide bonds. The standard InChI is InChI=1S/C57H83NO16S/c1-16-42-57(11)44(48(52(62)74-57)75-31-40-25-21-18-22-26-40)34(4)45(60)32(2)28-55(9,64-14)49(72-53-47(69-38(8)59)41(58(12)13)27-33(3)67-53)35(5)46(36(6)51(61)70-42)71-43-29-56(10,65-15)50(37(7)68-43)73-54(63)66-30-39-23-19-17-20-24-39/h17-26,32-37,41-44,46-50,53H,16,27-31H2,1-15H3/t32-,33-,34-,35+,36-,37+,41+,42-,43+,44+,46+,47-,48+,49-,50+,53+,55-,56-,57-/m1/s1. The zero-order chi connectivity index (χ0) is 55.2. The van der Waals surface area contributed by atoms with E-state index in [-0.39, 0.29) is 43.8 Å². The highest BCUT2D eigenvalue weighted by atomic mass is 32.2. The van der Waals surface area contributed by atoms with Gasteiger partial charge in [0, 0.05) is 57.0 Å². The van der Waals surface area contributed by atoms with Crippen molar-refractivity contribution in [3.05, 3.63) is 71.8 Å². The number of ether oxygens (including phenoxy) is 11. The number of likely N-dealkylation sites (N-methyl/N-ethyl adjacent to an activating group) is 1.